The predicted octanol–water partition coefficient (Wildman–Crippen LogP) is 2.49. The van der Waals surface area contributed by atoms with Gasteiger partial charge in [-0.1, -0.05) is 24.3 Å². The number of benzene rings is 2. The molecule has 29 heavy (non-hydrogen) atoms. The highest BCUT2D eigenvalue weighted by molar-refractivity contribution is 5.78. The third kappa shape index (κ3) is 5.95. The fourth-order valence-electron chi connectivity index (χ4n) is 3.53. The first-order valence-corrected chi connectivity index (χ1v) is 10.1. The molecule has 1 amide bonds. The number of anilines is 1. The third-order valence-corrected chi connectivity index (χ3v) is 5.29. The second kappa shape index (κ2) is 10.3. The van der Waals surface area contributed by atoms with Gasteiger partial charge >= 0.3 is 0 Å². The van der Waals surface area contributed by atoms with E-state index >= 15 is 0 Å². The number of ether oxygens (including phenoxy) is 2. The first-order chi connectivity index (χ1) is 14.1. The first-order valence-electron chi connectivity index (χ1n) is 10.1. The Balaban J connectivity index is 1.53. The highest BCUT2D eigenvalue weighted by Crippen LogP contribution is 2.21. The number of rotatable bonds is 8. The van der Waals surface area contributed by atoms with E-state index in [4.69, 9.17) is 9.47 Å². The summed E-state index contributed by atoms with van der Waals surface area (Å²) in [6, 6.07) is 16.3. The van der Waals surface area contributed by atoms with Crippen LogP contribution in [0.5, 0.6) is 5.75 Å². The van der Waals surface area contributed by atoms with Crippen molar-refractivity contribution < 1.29 is 14.3 Å². The van der Waals surface area contributed by atoms with Crippen LogP contribution in [0, 0.1) is 0 Å². The van der Waals surface area contributed by atoms with Crippen LogP contribution >= 0.6 is 0 Å². The number of hydrogen-bond donors (Lipinski definition) is 1. The molecule has 2 aromatic rings. The Labute approximate surface area is 173 Å². The van der Waals surface area contributed by atoms with Crippen LogP contribution < -0.4 is 15.0 Å². The molecule has 2 aromatic carbocycles. The minimum absolute atomic E-state index is 0.0319. The zero-order chi connectivity index (χ0) is 20.6. The Bertz CT molecular complexity index is 769. The van der Waals surface area contributed by atoms with Crippen molar-refractivity contribution >= 4 is 11.6 Å². The maximum absolute atomic E-state index is 12.5. The lowest BCUT2D eigenvalue weighted by Gasteiger charge is -2.29. The maximum Gasteiger partial charge on any atom is 0.224 e. The van der Waals surface area contributed by atoms with Gasteiger partial charge in [-0.25, -0.2) is 0 Å². The molecule has 0 saturated carbocycles. The molecular weight excluding hydrogens is 366 g/mol. The summed E-state index contributed by atoms with van der Waals surface area (Å²) < 4.78 is 10.6. The summed E-state index contributed by atoms with van der Waals surface area (Å²) in [4.78, 5) is 16.9. The molecule has 156 valence electrons. The largest absolute Gasteiger partial charge is 0.497 e. The van der Waals surface area contributed by atoms with Gasteiger partial charge in [0, 0.05) is 25.3 Å². The smallest absolute Gasteiger partial charge is 0.224 e. The minimum atomic E-state index is 0.0319. The first kappa shape index (κ1) is 21.1. The van der Waals surface area contributed by atoms with Crippen LogP contribution in [0.1, 0.15) is 17.2 Å². The molecule has 1 saturated heterocycles. The molecule has 0 radical (unpaired) electrons. The maximum atomic E-state index is 12.5. The van der Waals surface area contributed by atoms with E-state index in [1.54, 1.807) is 7.11 Å². The number of nitrogens with zero attached hydrogens (tertiary/aromatic N) is 2. The molecule has 1 heterocycles. The summed E-state index contributed by atoms with van der Waals surface area (Å²) in [6.45, 7) is 3.93. The van der Waals surface area contributed by atoms with E-state index in [9.17, 15) is 4.79 Å². The van der Waals surface area contributed by atoms with Crippen molar-refractivity contribution in [2.24, 2.45) is 0 Å². The van der Waals surface area contributed by atoms with Gasteiger partial charge in [-0.15, -0.1) is 0 Å². The molecular formula is C23H31N3O3. The third-order valence-electron chi connectivity index (χ3n) is 5.29. The van der Waals surface area contributed by atoms with Crippen LogP contribution in [0.3, 0.4) is 0 Å². The second-order valence-corrected chi connectivity index (χ2v) is 7.50. The zero-order valence-electron chi connectivity index (χ0n) is 17.6. The molecule has 1 aliphatic heterocycles. The lowest BCUT2D eigenvalue weighted by molar-refractivity contribution is -0.120. The Morgan fingerprint density at radius 3 is 2.34 bits per heavy atom. The molecule has 0 aliphatic carbocycles. The normalized spacial score (nSPS) is 15.2. The topological polar surface area (TPSA) is 54.0 Å². The molecule has 6 nitrogen and oxygen atoms in total. The van der Waals surface area contributed by atoms with E-state index < -0.39 is 0 Å². The van der Waals surface area contributed by atoms with Crippen LogP contribution in [-0.2, 0) is 16.0 Å². The van der Waals surface area contributed by atoms with Gasteiger partial charge in [0.2, 0.25) is 5.91 Å². The van der Waals surface area contributed by atoms with E-state index in [0.717, 1.165) is 43.2 Å². The van der Waals surface area contributed by atoms with E-state index in [0.29, 0.717) is 13.0 Å². The Kier molecular flexibility index (Phi) is 7.49. The van der Waals surface area contributed by atoms with Gasteiger partial charge in [0.25, 0.3) is 0 Å². The number of likely N-dealkylation sites (N-methyl/N-ethyl adjacent to an activating group) is 1. The molecule has 1 fully saturated rings. The van der Waals surface area contributed by atoms with Crippen molar-refractivity contribution in [1.82, 2.24) is 10.2 Å². The zero-order valence-corrected chi connectivity index (χ0v) is 17.6. The van der Waals surface area contributed by atoms with Gasteiger partial charge < -0.3 is 24.6 Å². The van der Waals surface area contributed by atoms with Gasteiger partial charge in [0.1, 0.15) is 5.75 Å². The Morgan fingerprint density at radius 2 is 1.76 bits per heavy atom. The van der Waals surface area contributed by atoms with Gasteiger partial charge in [0.15, 0.2) is 0 Å². The minimum Gasteiger partial charge on any atom is -0.497 e. The van der Waals surface area contributed by atoms with Crippen molar-refractivity contribution in [3.63, 3.8) is 0 Å². The van der Waals surface area contributed by atoms with Crippen molar-refractivity contribution in [2.75, 3.05) is 59.0 Å². The van der Waals surface area contributed by atoms with Crippen LogP contribution in [0.25, 0.3) is 0 Å². The second-order valence-electron chi connectivity index (χ2n) is 7.50. The van der Waals surface area contributed by atoms with Crippen molar-refractivity contribution in [2.45, 2.75) is 12.5 Å². The van der Waals surface area contributed by atoms with Gasteiger partial charge in [-0.2, -0.15) is 0 Å². The molecule has 0 spiro atoms. The monoisotopic (exact) mass is 397 g/mol. The molecule has 1 atom stereocenters. The quantitative estimate of drug-likeness (QED) is 0.742. The van der Waals surface area contributed by atoms with E-state index in [1.807, 2.05) is 50.5 Å². The van der Waals surface area contributed by atoms with Crippen LogP contribution in [0.4, 0.5) is 5.69 Å². The fraction of sp³-hybridized carbons (Fsp3) is 0.435. The van der Waals surface area contributed by atoms with Crippen LogP contribution in [-0.4, -0.2) is 64.9 Å². The Hall–Kier alpha value is -2.57. The lowest BCUT2D eigenvalue weighted by Crippen LogP contribution is -2.36. The summed E-state index contributed by atoms with van der Waals surface area (Å²) in [7, 11) is 5.70. The summed E-state index contributed by atoms with van der Waals surface area (Å²) in [5, 5.41) is 3.08. The summed E-state index contributed by atoms with van der Waals surface area (Å²) in [5.41, 5.74) is 3.35. The number of morpholine rings is 1. The summed E-state index contributed by atoms with van der Waals surface area (Å²) in [5.74, 6) is 0.861. The van der Waals surface area contributed by atoms with Crippen LogP contribution in [0.2, 0.25) is 0 Å². The molecule has 6 heteroatoms. The molecule has 0 bridgehead atoms. The SMILES string of the molecule is COc1ccc(C(CNC(=O)Cc2ccc(N3CCOCC3)cc2)N(C)C)cc1. The predicted molar refractivity (Wildman–Crippen MR) is 116 cm³/mol. The van der Waals surface area contributed by atoms with E-state index in [-0.39, 0.29) is 11.9 Å². The van der Waals surface area contributed by atoms with E-state index in [1.165, 1.54) is 5.69 Å². The Morgan fingerprint density at radius 1 is 1.10 bits per heavy atom. The molecule has 1 N–H and O–H groups in total. The lowest BCUT2D eigenvalue weighted by atomic mass is 10.1. The number of amides is 1. The van der Waals surface area contributed by atoms with Gasteiger partial charge in [-0.05, 0) is 49.5 Å². The average molecular weight is 398 g/mol. The molecule has 1 unspecified atom stereocenters. The standard InChI is InChI=1S/C23H31N3O3/c1-25(2)22(19-6-10-21(28-3)11-7-19)17-24-23(27)16-18-4-8-20(9-5-18)26-12-14-29-15-13-26/h4-11,22H,12-17H2,1-3H3,(H,24,27). The number of nitrogens with one attached hydrogen (secondary N) is 1. The molecule has 1 aliphatic rings. The van der Waals surface area contributed by atoms with Crippen LogP contribution in [0.15, 0.2) is 48.5 Å². The molecule has 0 aromatic heterocycles. The highest BCUT2D eigenvalue weighted by Gasteiger charge is 2.16. The summed E-state index contributed by atoms with van der Waals surface area (Å²) in [6.07, 6.45) is 0.381. The van der Waals surface area contributed by atoms with Crippen molar-refractivity contribution in [3.8, 4) is 5.75 Å². The molecule has 3 rings (SSSR count). The number of hydrogen-bond acceptors (Lipinski definition) is 5. The fourth-order valence-corrected chi connectivity index (χ4v) is 3.53. The van der Waals surface area contributed by atoms with Crippen molar-refractivity contribution in [1.29, 1.82) is 0 Å². The van der Waals surface area contributed by atoms with Crippen molar-refractivity contribution in [3.05, 3.63) is 59.7 Å². The average Bonchev–Trinajstić information content (AvgIpc) is 2.75. The number of methoxy groups -OCH3 is 1. The van der Waals surface area contributed by atoms with Gasteiger partial charge in [0.05, 0.1) is 32.8 Å². The van der Waals surface area contributed by atoms with Gasteiger partial charge in [-0.3, -0.25) is 4.79 Å². The highest BCUT2D eigenvalue weighted by atomic mass is 16.5. The number of carbonyl (C=O) groups excluding carboxylic acids is 1. The summed E-state index contributed by atoms with van der Waals surface area (Å²) >= 11 is 0. The van der Waals surface area contributed by atoms with E-state index in [2.05, 4.69) is 27.2 Å². The number of carbonyl (C=O) groups is 1.